The summed E-state index contributed by atoms with van der Waals surface area (Å²) in [6, 6.07) is 0. The Morgan fingerprint density at radius 2 is 0.608 bits per heavy atom. The second kappa shape index (κ2) is 30.0. The maximum Gasteiger partial charge on any atom is 0.184 e. The maximum atomic E-state index is 10.1. The summed E-state index contributed by atoms with van der Waals surface area (Å²) in [5.41, 5.74) is 0. The van der Waals surface area contributed by atoms with Gasteiger partial charge in [0.1, 0.15) is 12.2 Å². The van der Waals surface area contributed by atoms with Gasteiger partial charge in [0.05, 0.1) is 36.6 Å². The minimum Gasteiger partial charge on any atom is -0.390 e. The third-order valence-corrected chi connectivity index (χ3v) is 11.3. The number of unbranched alkanes of at least 4 members (excludes halogenated alkanes) is 24. The Labute approximate surface area is 314 Å². The fraction of sp³-hybridized carbons (Fsp3) is 1.00. The highest BCUT2D eigenvalue weighted by molar-refractivity contribution is 4.80. The van der Waals surface area contributed by atoms with Crippen LogP contribution in [0.2, 0.25) is 0 Å². The summed E-state index contributed by atoms with van der Waals surface area (Å²) < 4.78 is 23.1. The predicted molar refractivity (Wildman–Crippen MR) is 208 cm³/mol. The van der Waals surface area contributed by atoms with Crippen LogP contribution in [-0.2, 0) is 18.9 Å². The van der Waals surface area contributed by atoms with Crippen LogP contribution in [0.15, 0.2) is 0 Å². The van der Waals surface area contributed by atoms with Crippen LogP contribution < -0.4 is 0 Å². The molecule has 2 heterocycles. The van der Waals surface area contributed by atoms with Gasteiger partial charge in [0.25, 0.3) is 0 Å². The lowest BCUT2D eigenvalue weighted by Crippen LogP contribution is -2.48. The summed E-state index contributed by atoms with van der Waals surface area (Å²) in [5, 5.41) is 39.8. The topological polar surface area (TPSA) is 118 Å². The first-order valence-electron chi connectivity index (χ1n) is 22.0. The molecule has 0 saturated carbocycles. The molecule has 2 aliphatic rings. The molecule has 2 aliphatic heterocycles. The smallest absolute Gasteiger partial charge is 0.184 e. The Balaban J connectivity index is 1.20. The van der Waals surface area contributed by atoms with Gasteiger partial charge in [-0.05, 0) is 40.5 Å². The lowest BCUT2D eigenvalue weighted by atomic mass is 10.0. The van der Waals surface area contributed by atoms with E-state index in [9.17, 15) is 20.4 Å². The summed E-state index contributed by atoms with van der Waals surface area (Å²) in [7, 11) is 0. The van der Waals surface area contributed by atoms with Crippen LogP contribution in [0.3, 0.4) is 0 Å². The van der Waals surface area contributed by atoms with Crippen molar-refractivity contribution in [1.82, 2.24) is 0 Å². The Morgan fingerprint density at radius 3 is 0.843 bits per heavy atom. The molecule has 2 fully saturated rings. The standard InChI is InChI=1S/C43H84O8/c1-34(48-42-40(46)32-38(44)36(3)50-42)30-28-26-24-22-20-18-16-14-12-10-8-6-5-7-9-11-13-15-17-19-21-23-25-27-29-31-35(2)49-43-41(47)33-39(45)37(4)51-43/h34-47H,5-33H2,1-4H3/t34?,35?,36-,37+,38+,39-,40+,41-,42+,43-. The van der Waals surface area contributed by atoms with Crippen LogP contribution in [0, 0.1) is 0 Å². The molecule has 0 aromatic carbocycles. The van der Waals surface area contributed by atoms with E-state index in [-0.39, 0.29) is 24.4 Å². The molecule has 0 aromatic heterocycles. The maximum absolute atomic E-state index is 10.1. The minimum atomic E-state index is -0.745. The summed E-state index contributed by atoms with van der Waals surface area (Å²) in [4.78, 5) is 0. The van der Waals surface area contributed by atoms with Crippen molar-refractivity contribution in [1.29, 1.82) is 0 Å². The van der Waals surface area contributed by atoms with Crippen molar-refractivity contribution in [2.45, 2.75) is 275 Å². The molecule has 51 heavy (non-hydrogen) atoms. The Bertz CT molecular complexity index is 723. The first-order chi connectivity index (χ1) is 24.7. The van der Waals surface area contributed by atoms with Crippen molar-refractivity contribution < 1.29 is 39.4 Å². The number of aliphatic hydroxyl groups excluding tert-OH is 4. The lowest BCUT2D eigenvalue weighted by Gasteiger charge is -2.36. The van der Waals surface area contributed by atoms with E-state index in [0.717, 1.165) is 25.7 Å². The highest BCUT2D eigenvalue weighted by Crippen LogP contribution is 2.25. The molecule has 0 spiro atoms. The van der Waals surface area contributed by atoms with Crippen molar-refractivity contribution in [2.75, 3.05) is 0 Å². The van der Waals surface area contributed by atoms with Gasteiger partial charge in [0.15, 0.2) is 12.6 Å². The highest BCUT2D eigenvalue weighted by atomic mass is 16.7. The minimum absolute atomic E-state index is 0.0668. The molecule has 4 N–H and O–H groups in total. The molecule has 0 aromatic rings. The fourth-order valence-electron chi connectivity index (χ4n) is 7.66. The van der Waals surface area contributed by atoms with Gasteiger partial charge in [-0.15, -0.1) is 0 Å². The summed E-state index contributed by atoms with van der Waals surface area (Å²) in [5.74, 6) is 0. The van der Waals surface area contributed by atoms with Crippen LogP contribution >= 0.6 is 0 Å². The number of ether oxygens (including phenoxy) is 4. The second-order valence-electron chi connectivity index (χ2n) is 16.5. The van der Waals surface area contributed by atoms with Crippen LogP contribution in [0.4, 0.5) is 0 Å². The van der Waals surface area contributed by atoms with E-state index in [1.54, 1.807) is 0 Å². The van der Waals surface area contributed by atoms with Crippen molar-refractivity contribution in [3.05, 3.63) is 0 Å². The van der Waals surface area contributed by atoms with Gasteiger partial charge >= 0.3 is 0 Å². The van der Waals surface area contributed by atoms with Crippen molar-refractivity contribution in [3.63, 3.8) is 0 Å². The highest BCUT2D eigenvalue weighted by Gasteiger charge is 2.36. The molecule has 2 rings (SSSR count). The third kappa shape index (κ3) is 23.3. The predicted octanol–water partition coefficient (Wildman–Crippen LogP) is 10.0. The molecule has 2 unspecified atom stereocenters. The SMILES string of the molecule is CC(CCCCCCCCCCCCCCCCCCCCCCCCCCCC(C)O[C@H]1O[C@H](C)[C@@H](O)C[C@@H]1O)O[C@@H]1O[C@@H](C)[C@H](O)C[C@H]1O. The van der Waals surface area contributed by atoms with Gasteiger partial charge in [-0.25, -0.2) is 0 Å². The van der Waals surface area contributed by atoms with E-state index in [2.05, 4.69) is 13.8 Å². The lowest BCUT2D eigenvalue weighted by molar-refractivity contribution is -0.273. The molecular weight excluding hydrogens is 644 g/mol. The molecule has 0 bridgehead atoms. The van der Waals surface area contributed by atoms with Crippen molar-refractivity contribution in [3.8, 4) is 0 Å². The number of hydrogen-bond acceptors (Lipinski definition) is 8. The molecule has 0 radical (unpaired) electrons. The normalized spacial score (nSPS) is 28.2. The molecule has 8 heteroatoms. The van der Waals surface area contributed by atoms with Crippen molar-refractivity contribution in [2.24, 2.45) is 0 Å². The molecular formula is C43H84O8. The van der Waals surface area contributed by atoms with Crippen molar-refractivity contribution >= 4 is 0 Å². The molecule has 304 valence electrons. The largest absolute Gasteiger partial charge is 0.390 e. The second-order valence-corrected chi connectivity index (χ2v) is 16.5. The molecule has 0 aliphatic carbocycles. The monoisotopic (exact) mass is 729 g/mol. The van der Waals surface area contributed by atoms with E-state index in [1.165, 1.54) is 148 Å². The summed E-state index contributed by atoms with van der Waals surface area (Å²) in [6.45, 7) is 7.77. The molecule has 2 saturated heterocycles. The van der Waals surface area contributed by atoms with Gasteiger partial charge in [-0.1, -0.05) is 161 Å². The zero-order chi connectivity index (χ0) is 37.1. The van der Waals surface area contributed by atoms with E-state index in [1.807, 2.05) is 13.8 Å². The van der Waals surface area contributed by atoms with Crippen LogP contribution in [0.1, 0.15) is 214 Å². The Hall–Kier alpha value is -0.320. The average Bonchev–Trinajstić information content (AvgIpc) is 3.09. The van der Waals surface area contributed by atoms with Crippen LogP contribution in [-0.4, -0.2) is 81.8 Å². The molecule has 10 atom stereocenters. The van der Waals surface area contributed by atoms with E-state index < -0.39 is 37.0 Å². The first kappa shape index (κ1) is 46.8. The quantitative estimate of drug-likeness (QED) is 0.0506. The number of aliphatic hydroxyl groups is 4. The van der Waals surface area contributed by atoms with Gasteiger partial charge in [0, 0.05) is 12.8 Å². The van der Waals surface area contributed by atoms with E-state index in [0.29, 0.717) is 12.8 Å². The van der Waals surface area contributed by atoms with Gasteiger partial charge in [-0.3, -0.25) is 0 Å². The van der Waals surface area contributed by atoms with Crippen LogP contribution in [0.25, 0.3) is 0 Å². The number of hydrogen-bond donors (Lipinski definition) is 4. The summed E-state index contributed by atoms with van der Waals surface area (Å²) >= 11 is 0. The average molecular weight is 729 g/mol. The van der Waals surface area contributed by atoms with E-state index >= 15 is 0 Å². The Kier molecular flexibility index (Phi) is 27.5. The third-order valence-electron chi connectivity index (χ3n) is 11.3. The zero-order valence-electron chi connectivity index (χ0n) is 33.7. The molecule has 0 amide bonds. The van der Waals surface area contributed by atoms with Gasteiger partial charge in [-0.2, -0.15) is 0 Å². The first-order valence-corrected chi connectivity index (χ1v) is 22.0. The summed E-state index contributed by atoms with van der Waals surface area (Å²) in [6.07, 6.45) is 32.2. The van der Waals surface area contributed by atoms with Gasteiger partial charge < -0.3 is 39.4 Å². The number of rotatable bonds is 32. The van der Waals surface area contributed by atoms with Crippen LogP contribution in [0.5, 0.6) is 0 Å². The fourth-order valence-corrected chi connectivity index (χ4v) is 7.66. The molecule has 8 nitrogen and oxygen atoms in total. The zero-order valence-corrected chi connectivity index (χ0v) is 33.7. The Morgan fingerprint density at radius 1 is 0.392 bits per heavy atom. The van der Waals surface area contributed by atoms with Gasteiger partial charge in [0.2, 0.25) is 0 Å². The van der Waals surface area contributed by atoms with E-state index in [4.69, 9.17) is 18.9 Å².